The Kier molecular flexibility index (Phi) is 5.45. The van der Waals surface area contributed by atoms with Crippen molar-refractivity contribution >= 4 is 51.8 Å². The van der Waals surface area contributed by atoms with Gasteiger partial charge in [0.2, 0.25) is 0 Å². The Morgan fingerprint density at radius 2 is 2.08 bits per heavy atom. The van der Waals surface area contributed by atoms with Crippen LogP contribution >= 0.6 is 34.2 Å². The lowest BCUT2D eigenvalue weighted by Crippen LogP contribution is -2.48. The highest BCUT2D eigenvalue weighted by Crippen LogP contribution is 2.44. The van der Waals surface area contributed by atoms with Gasteiger partial charge >= 0.3 is 0 Å². The van der Waals surface area contributed by atoms with Gasteiger partial charge in [0.15, 0.2) is 0 Å². The van der Waals surface area contributed by atoms with Crippen molar-refractivity contribution < 1.29 is 0 Å². The number of fused-ring (bicyclic) bond motifs is 1. The van der Waals surface area contributed by atoms with Crippen molar-refractivity contribution in [2.75, 3.05) is 11.4 Å². The number of halogens is 2. The van der Waals surface area contributed by atoms with Crippen LogP contribution in [0.5, 0.6) is 0 Å². The first kappa shape index (κ1) is 18.7. The van der Waals surface area contributed by atoms with Crippen LogP contribution < -0.4 is 4.90 Å². The van der Waals surface area contributed by atoms with E-state index in [0.717, 1.165) is 29.2 Å². The zero-order valence-electron chi connectivity index (χ0n) is 15.2. The first-order chi connectivity index (χ1) is 11.8. The maximum atomic E-state index is 6.60. The number of anilines is 1. The van der Waals surface area contributed by atoms with E-state index in [9.17, 15) is 0 Å². The fraction of sp³-hybridized carbons (Fsp3) is 0.381. The lowest BCUT2D eigenvalue weighted by Gasteiger charge is -2.47. The standard InChI is InChI=1S/C21H24ClIN2/c1-5-25-20-11-19(22)15(9-18(20)14(2)12-21(25,3)4)13-24-17-8-6-7-16(23)10-17/h6-11,13-14H,5,12H2,1-4H3. The molecular weight excluding hydrogens is 443 g/mol. The molecule has 0 bridgehead atoms. The molecule has 2 aromatic carbocycles. The van der Waals surface area contributed by atoms with Crippen LogP contribution in [0.25, 0.3) is 0 Å². The molecular formula is C21H24ClIN2. The average molecular weight is 467 g/mol. The second-order valence-electron chi connectivity index (χ2n) is 7.33. The molecule has 0 amide bonds. The summed E-state index contributed by atoms with van der Waals surface area (Å²) in [5, 5.41) is 0.761. The van der Waals surface area contributed by atoms with Crippen molar-refractivity contribution in [3.8, 4) is 0 Å². The fourth-order valence-corrected chi connectivity index (χ4v) is 4.65. The number of hydrogen-bond acceptors (Lipinski definition) is 2. The maximum absolute atomic E-state index is 6.60. The van der Waals surface area contributed by atoms with E-state index in [0.29, 0.717) is 5.92 Å². The molecule has 4 heteroatoms. The molecule has 132 valence electrons. The summed E-state index contributed by atoms with van der Waals surface area (Å²) in [6.45, 7) is 10.1. The van der Waals surface area contributed by atoms with Crippen LogP contribution in [0.3, 0.4) is 0 Å². The van der Waals surface area contributed by atoms with Crippen LogP contribution in [0.1, 0.15) is 51.2 Å². The molecule has 25 heavy (non-hydrogen) atoms. The molecule has 0 saturated carbocycles. The molecule has 0 aliphatic carbocycles. The second kappa shape index (κ2) is 7.28. The summed E-state index contributed by atoms with van der Waals surface area (Å²) in [5.74, 6) is 0.509. The number of rotatable bonds is 3. The zero-order chi connectivity index (χ0) is 18.2. The average Bonchev–Trinajstić information content (AvgIpc) is 2.53. The third-order valence-electron chi connectivity index (χ3n) is 4.98. The van der Waals surface area contributed by atoms with Crippen LogP contribution in [0, 0.1) is 3.57 Å². The molecule has 0 radical (unpaired) electrons. The predicted octanol–water partition coefficient (Wildman–Crippen LogP) is 6.81. The zero-order valence-corrected chi connectivity index (χ0v) is 18.1. The van der Waals surface area contributed by atoms with Gasteiger partial charge < -0.3 is 4.90 Å². The Labute approximate surface area is 169 Å². The van der Waals surface area contributed by atoms with Crippen molar-refractivity contribution in [2.24, 2.45) is 4.99 Å². The topological polar surface area (TPSA) is 15.6 Å². The van der Waals surface area contributed by atoms with Gasteiger partial charge in [-0.3, -0.25) is 4.99 Å². The Balaban J connectivity index is 2.00. The van der Waals surface area contributed by atoms with Crippen molar-refractivity contribution in [1.29, 1.82) is 0 Å². The van der Waals surface area contributed by atoms with E-state index < -0.39 is 0 Å². The van der Waals surface area contributed by atoms with Gasteiger partial charge in [0.05, 0.1) is 10.7 Å². The molecule has 0 saturated heterocycles. The Morgan fingerprint density at radius 3 is 2.76 bits per heavy atom. The minimum absolute atomic E-state index is 0.154. The van der Waals surface area contributed by atoms with Crippen LogP contribution in [0.4, 0.5) is 11.4 Å². The molecule has 1 atom stereocenters. The van der Waals surface area contributed by atoms with E-state index in [1.807, 2.05) is 18.3 Å². The summed E-state index contributed by atoms with van der Waals surface area (Å²) in [7, 11) is 0. The molecule has 2 aromatic rings. The van der Waals surface area contributed by atoms with Gasteiger partial charge in [0, 0.05) is 33.1 Å². The maximum Gasteiger partial charge on any atom is 0.0640 e. The van der Waals surface area contributed by atoms with Crippen molar-refractivity contribution in [3.63, 3.8) is 0 Å². The summed E-state index contributed by atoms with van der Waals surface area (Å²) < 4.78 is 1.18. The largest absolute Gasteiger partial charge is 0.366 e. The van der Waals surface area contributed by atoms with Crippen molar-refractivity contribution in [1.82, 2.24) is 0 Å². The molecule has 0 N–H and O–H groups in total. The molecule has 0 aromatic heterocycles. The summed E-state index contributed by atoms with van der Waals surface area (Å²) in [6.07, 6.45) is 3.03. The monoisotopic (exact) mass is 466 g/mol. The molecule has 1 unspecified atom stereocenters. The first-order valence-corrected chi connectivity index (χ1v) is 10.2. The molecule has 1 heterocycles. The minimum Gasteiger partial charge on any atom is -0.366 e. The number of aliphatic imine (C=N–C) groups is 1. The van der Waals surface area contributed by atoms with E-state index >= 15 is 0 Å². The molecule has 1 aliphatic rings. The number of nitrogens with zero attached hydrogens (tertiary/aromatic N) is 2. The third-order valence-corrected chi connectivity index (χ3v) is 5.98. The van der Waals surface area contributed by atoms with Gasteiger partial charge in [-0.15, -0.1) is 0 Å². The normalized spacial score (nSPS) is 19.3. The summed E-state index contributed by atoms with van der Waals surface area (Å²) in [6, 6.07) is 12.5. The second-order valence-corrected chi connectivity index (χ2v) is 8.99. The Morgan fingerprint density at radius 1 is 1.32 bits per heavy atom. The van der Waals surface area contributed by atoms with E-state index in [4.69, 9.17) is 11.6 Å². The van der Waals surface area contributed by atoms with Crippen molar-refractivity contribution in [3.05, 3.63) is 56.1 Å². The third kappa shape index (κ3) is 3.87. The van der Waals surface area contributed by atoms with Crippen LogP contribution in [-0.4, -0.2) is 18.3 Å². The van der Waals surface area contributed by atoms with E-state index in [1.54, 1.807) is 0 Å². The number of hydrogen-bond donors (Lipinski definition) is 0. The minimum atomic E-state index is 0.154. The van der Waals surface area contributed by atoms with Crippen LogP contribution in [-0.2, 0) is 0 Å². The fourth-order valence-electron chi connectivity index (χ4n) is 3.92. The Hall–Kier alpha value is -1.07. The highest BCUT2D eigenvalue weighted by Gasteiger charge is 2.35. The summed E-state index contributed by atoms with van der Waals surface area (Å²) in [4.78, 5) is 7.08. The van der Waals surface area contributed by atoms with E-state index in [1.165, 1.54) is 14.8 Å². The molecule has 2 nitrogen and oxygen atoms in total. The van der Waals surface area contributed by atoms with Gasteiger partial charge in [-0.1, -0.05) is 24.6 Å². The van der Waals surface area contributed by atoms with Crippen LogP contribution in [0.15, 0.2) is 41.4 Å². The number of benzene rings is 2. The quantitative estimate of drug-likeness (QED) is 0.358. The SMILES string of the molecule is CCN1c2cc(Cl)c(C=Nc3cccc(I)c3)cc2C(C)CC1(C)C. The highest BCUT2D eigenvalue weighted by atomic mass is 127. The molecule has 1 aliphatic heterocycles. The molecule has 0 fully saturated rings. The van der Waals surface area contributed by atoms with E-state index in [-0.39, 0.29) is 5.54 Å². The van der Waals surface area contributed by atoms with Gasteiger partial charge in [0.1, 0.15) is 0 Å². The van der Waals surface area contributed by atoms with Gasteiger partial charge in [0.25, 0.3) is 0 Å². The van der Waals surface area contributed by atoms with Gasteiger partial charge in [-0.25, -0.2) is 0 Å². The highest BCUT2D eigenvalue weighted by molar-refractivity contribution is 14.1. The molecule has 0 spiro atoms. The van der Waals surface area contributed by atoms with E-state index in [2.05, 4.69) is 84.4 Å². The lowest BCUT2D eigenvalue weighted by atomic mass is 9.79. The molecule has 3 rings (SSSR count). The van der Waals surface area contributed by atoms with Crippen molar-refractivity contribution in [2.45, 2.75) is 45.6 Å². The summed E-state index contributed by atoms with van der Waals surface area (Å²) in [5.41, 5.74) is 4.73. The van der Waals surface area contributed by atoms with Gasteiger partial charge in [-0.2, -0.15) is 0 Å². The van der Waals surface area contributed by atoms with Crippen LogP contribution in [0.2, 0.25) is 5.02 Å². The Bertz CT molecular complexity index is 814. The predicted molar refractivity (Wildman–Crippen MR) is 118 cm³/mol. The summed E-state index contributed by atoms with van der Waals surface area (Å²) >= 11 is 8.90. The first-order valence-electron chi connectivity index (χ1n) is 8.72. The smallest absolute Gasteiger partial charge is 0.0640 e. The lowest BCUT2D eigenvalue weighted by molar-refractivity contribution is 0.381. The van der Waals surface area contributed by atoms with Gasteiger partial charge in [-0.05, 0) is 91.6 Å².